The fraction of sp³-hybridized carbons (Fsp3) is 0.158. The van der Waals surface area contributed by atoms with Crippen molar-refractivity contribution in [3.63, 3.8) is 0 Å². The normalized spacial score (nSPS) is 14.3. The molecule has 0 saturated heterocycles. The van der Waals surface area contributed by atoms with Crippen LogP contribution in [0.5, 0.6) is 17.2 Å². The van der Waals surface area contributed by atoms with Crippen LogP contribution in [0.25, 0.3) is 6.08 Å². The summed E-state index contributed by atoms with van der Waals surface area (Å²) in [7, 11) is 1.59. The molecule has 1 heterocycles. The highest BCUT2D eigenvalue weighted by Crippen LogP contribution is 2.39. The van der Waals surface area contributed by atoms with Crippen molar-refractivity contribution in [3.8, 4) is 17.2 Å². The Morgan fingerprint density at radius 1 is 1.12 bits per heavy atom. The molecule has 3 rings (SSSR count). The number of fused-ring (bicyclic) bond motifs is 1. The van der Waals surface area contributed by atoms with E-state index in [9.17, 15) is 9.59 Å². The quantitative estimate of drug-likeness (QED) is 0.491. The summed E-state index contributed by atoms with van der Waals surface area (Å²) in [6.07, 6.45) is 1.67. The second kappa shape index (κ2) is 6.20. The average Bonchev–Trinajstić information content (AvgIpc) is 2.88. The molecule has 5 heteroatoms. The van der Waals surface area contributed by atoms with E-state index in [1.54, 1.807) is 32.2 Å². The number of ketones is 1. The lowest BCUT2D eigenvalue weighted by molar-refractivity contribution is -0.131. The molecule has 0 aliphatic carbocycles. The van der Waals surface area contributed by atoms with Crippen molar-refractivity contribution in [2.75, 3.05) is 7.11 Å². The van der Waals surface area contributed by atoms with Crippen molar-refractivity contribution in [1.82, 2.24) is 0 Å². The molecule has 5 nitrogen and oxygen atoms in total. The zero-order chi connectivity index (χ0) is 17.3. The van der Waals surface area contributed by atoms with E-state index in [1.807, 2.05) is 24.3 Å². The Morgan fingerprint density at radius 2 is 1.83 bits per heavy atom. The van der Waals surface area contributed by atoms with Gasteiger partial charge in [0.1, 0.15) is 17.2 Å². The highest BCUT2D eigenvalue weighted by atomic mass is 16.5. The molecule has 0 radical (unpaired) electrons. The van der Waals surface area contributed by atoms with Crippen molar-refractivity contribution in [1.29, 1.82) is 0 Å². The van der Waals surface area contributed by atoms with Crippen LogP contribution in [0, 0.1) is 6.92 Å². The number of methoxy groups -OCH3 is 1. The number of esters is 1. The van der Waals surface area contributed by atoms with Crippen LogP contribution >= 0.6 is 0 Å². The second-order valence-electron chi connectivity index (χ2n) is 5.37. The van der Waals surface area contributed by atoms with Crippen molar-refractivity contribution >= 4 is 17.8 Å². The van der Waals surface area contributed by atoms with Gasteiger partial charge in [-0.2, -0.15) is 0 Å². The van der Waals surface area contributed by atoms with E-state index in [2.05, 4.69) is 0 Å². The summed E-state index contributed by atoms with van der Waals surface area (Å²) in [6.45, 7) is 3.08. The van der Waals surface area contributed by atoms with Gasteiger partial charge in [-0.25, -0.2) is 0 Å². The van der Waals surface area contributed by atoms with Gasteiger partial charge < -0.3 is 14.2 Å². The van der Waals surface area contributed by atoms with Gasteiger partial charge in [-0.05, 0) is 42.8 Å². The lowest BCUT2D eigenvalue weighted by atomic mass is 10.1. The molecule has 0 amide bonds. The largest absolute Gasteiger partial charge is 0.497 e. The lowest BCUT2D eigenvalue weighted by Crippen LogP contribution is -2.03. The van der Waals surface area contributed by atoms with E-state index < -0.39 is 5.97 Å². The van der Waals surface area contributed by atoms with Crippen LogP contribution < -0.4 is 14.2 Å². The van der Waals surface area contributed by atoms with Crippen LogP contribution in [0.2, 0.25) is 0 Å². The van der Waals surface area contributed by atoms with Crippen LogP contribution in [0.1, 0.15) is 28.4 Å². The Hall–Kier alpha value is -3.08. The number of hydrogen-bond donors (Lipinski definition) is 0. The van der Waals surface area contributed by atoms with E-state index in [-0.39, 0.29) is 11.5 Å². The minimum Gasteiger partial charge on any atom is -0.497 e. The number of ether oxygens (including phenoxy) is 3. The number of Topliss-reactive ketones (excluding diaryl/α,β-unsaturated/α-hetero) is 1. The maximum atomic E-state index is 12.5. The van der Waals surface area contributed by atoms with Crippen LogP contribution in [0.15, 0.2) is 42.2 Å². The summed E-state index contributed by atoms with van der Waals surface area (Å²) in [5, 5.41) is 0. The molecular formula is C19H16O5. The van der Waals surface area contributed by atoms with Gasteiger partial charge in [0.05, 0.1) is 12.7 Å². The number of carbonyl (C=O) groups is 2. The third kappa shape index (κ3) is 2.88. The third-order valence-electron chi connectivity index (χ3n) is 3.70. The Balaban J connectivity index is 1.93. The average molecular weight is 324 g/mol. The Labute approximate surface area is 139 Å². The number of allylic oxidation sites excluding steroid dienone is 1. The second-order valence-corrected chi connectivity index (χ2v) is 5.37. The van der Waals surface area contributed by atoms with Gasteiger partial charge in [-0.1, -0.05) is 12.1 Å². The summed E-state index contributed by atoms with van der Waals surface area (Å²) in [4.78, 5) is 23.6. The predicted molar refractivity (Wildman–Crippen MR) is 88.4 cm³/mol. The topological polar surface area (TPSA) is 61.8 Å². The molecule has 0 saturated carbocycles. The first-order valence-corrected chi connectivity index (χ1v) is 7.40. The fourth-order valence-electron chi connectivity index (χ4n) is 2.48. The van der Waals surface area contributed by atoms with E-state index in [0.717, 1.165) is 11.3 Å². The molecule has 0 unspecified atom stereocenters. The highest BCUT2D eigenvalue weighted by Gasteiger charge is 2.30. The minimum absolute atomic E-state index is 0.196. The lowest BCUT2D eigenvalue weighted by Gasteiger charge is -2.08. The van der Waals surface area contributed by atoms with Gasteiger partial charge >= 0.3 is 5.97 Å². The van der Waals surface area contributed by atoms with Crippen LogP contribution in [0.3, 0.4) is 0 Å². The van der Waals surface area contributed by atoms with E-state index >= 15 is 0 Å². The molecule has 2 aromatic carbocycles. The van der Waals surface area contributed by atoms with Gasteiger partial charge in [0.15, 0.2) is 5.76 Å². The van der Waals surface area contributed by atoms with Crippen molar-refractivity contribution in [2.24, 2.45) is 0 Å². The monoisotopic (exact) mass is 324 g/mol. The predicted octanol–water partition coefficient (Wildman–Crippen LogP) is 3.55. The minimum atomic E-state index is -0.420. The molecule has 0 atom stereocenters. The Bertz CT molecular complexity index is 847. The zero-order valence-corrected chi connectivity index (χ0v) is 13.6. The molecule has 0 aromatic heterocycles. The van der Waals surface area contributed by atoms with Crippen LogP contribution in [-0.2, 0) is 4.79 Å². The van der Waals surface area contributed by atoms with Gasteiger partial charge in [-0.3, -0.25) is 9.59 Å². The Morgan fingerprint density at radius 3 is 2.46 bits per heavy atom. The summed E-state index contributed by atoms with van der Waals surface area (Å²) in [5.74, 6) is 1.17. The highest BCUT2D eigenvalue weighted by molar-refractivity contribution is 6.15. The molecule has 0 fully saturated rings. The molecule has 1 aliphatic heterocycles. The SMILES string of the molecule is COc1ccc(C=C2Oc3c(ccc(OC(C)=O)c3C)C2=O)cc1. The van der Waals surface area contributed by atoms with Crippen molar-refractivity contribution in [3.05, 3.63) is 58.8 Å². The van der Waals surface area contributed by atoms with Crippen molar-refractivity contribution < 1.29 is 23.8 Å². The Kier molecular flexibility index (Phi) is 4.08. The van der Waals surface area contributed by atoms with E-state index in [1.165, 1.54) is 6.92 Å². The van der Waals surface area contributed by atoms with Gasteiger partial charge in [0.25, 0.3) is 0 Å². The smallest absolute Gasteiger partial charge is 0.308 e. The summed E-state index contributed by atoms with van der Waals surface area (Å²) in [6, 6.07) is 10.5. The molecule has 2 aromatic rings. The van der Waals surface area contributed by atoms with Gasteiger partial charge in [0, 0.05) is 12.5 Å². The molecule has 24 heavy (non-hydrogen) atoms. The summed E-state index contributed by atoms with van der Waals surface area (Å²) < 4.78 is 16.0. The number of rotatable bonds is 3. The third-order valence-corrected chi connectivity index (χ3v) is 3.70. The molecule has 0 spiro atoms. The summed E-state index contributed by atoms with van der Waals surface area (Å²) >= 11 is 0. The first kappa shape index (κ1) is 15.8. The molecule has 0 N–H and O–H groups in total. The molecule has 1 aliphatic rings. The van der Waals surface area contributed by atoms with Gasteiger partial charge in [-0.15, -0.1) is 0 Å². The first-order chi connectivity index (χ1) is 11.5. The molecule has 0 bridgehead atoms. The fourth-order valence-corrected chi connectivity index (χ4v) is 2.48. The first-order valence-electron chi connectivity index (χ1n) is 7.40. The van der Waals surface area contributed by atoms with Crippen molar-refractivity contribution in [2.45, 2.75) is 13.8 Å². The number of hydrogen-bond acceptors (Lipinski definition) is 5. The number of benzene rings is 2. The van der Waals surface area contributed by atoms with Crippen LogP contribution in [-0.4, -0.2) is 18.9 Å². The summed E-state index contributed by atoms with van der Waals surface area (Å²) in [5.41, 5.74) is 1.90. The standard InChI is InChI=1S/C19H16O5/c1-11-16(23-12(2)20)9-8-15-18(21)17(24-19(11)15)10-13-4-6-14(22-3)7-5-13/h4-10H,1-3H3. The van der Waals surface area contributed by atoms with E-state index in [4.69, 9.17) is 14.2 Å². The van der Waals surface area contributed by atoms with Crippen LogP contribution in [0.4, 0.5) is 0 Å². The van der Waals surface area contributed by atoms with E-state index in [0.29, 0.717) is 22.6 Å². The molecular weight excluding hydrogens is 308 g/mol. The maximum absolute atomic E-state index is 12.5. The van der Waals surface area contributed by atoms with Gasteiger partial charge in [0.2, 0.25) is 5.78 Å². The number of carbonyl (C=O) groups excluding carboxylic acids is 2. The zero-order valence-electron chi connectivity index (χ0n) is 13.6. The maximum Gasteiger partial charge on any atom is 0.308 e. The molecule has 122 valence electrons.